The normalized spacial score (nSPS) is 10.7. The van der Waals surface area contributed by atoms with E-state index >= 15 is 0 Å². The summed E-state index contributed by atoms with van der Waals surface area (Å²) in [6.07, 6.45) is 1.39. The molecular weight excluding hydrogens is 257 g/mol. The SMILES string of the molecule is O=[N+]([O-])c1c(F)cc(Br)c2cn[nH]c12. The van der Waals surface area contributed by atoms with Crippen LogP contribution in [0, 0.1) is 15.9 Å². The van der Waals surface area contributed by atoms with E-state index in [0.29, 0.717) is 9.86 Å². The predicted molar refractivity (Wildman–Crippen MR) is 50.4 cm³/mol. The van der Waals surface area contributed by atoms with Gasteiger partial charge in [0.05, 0.1) is 11.1 Å². The number of hydrogen-bond acceptors (Lipinski definition) is 3. The lowest BCUT2D eigenvalue weighted by atomic mass is 10.2. The Morgan fingerprint density at radius 1 is 1.64 bits per heavy atom. The van der Waals surface area contributed by atoms with E-state index in [0.717, 1.165) is 6.07 Å². The van der Waals surface area contributed by atoms with E-state index in [9.17, 15) is 14.5 Å². The van der Waals surface area contributed by atoms with Gasteiger partial charge < -0.3 is 0 Å². The molecule has 1 heterocycles. The quantitative estimate of drug-likeness (QED) is 0.631. The number of H-pyrrole nitrogens is 1. The van der Waals surface area contributed by atoms with E-state index in [1.165, 1.54) is 6.20 Å². The highest BCUT2D eigenvalue weighted by Crippen LogP contribution is 2.32. The molecular formula is C7H3BrFN3O2. The Balaban J connectivity index is 2.93. The second-order valence-electron chi connectivity index (χ2n) is 2.60. The minimum atomic E-state index is -0.890. The number of aromatic nitrogens is 2. The lowest BCUT2D eigenvalue weighted by molar-refractivity contribution is -0.385. The zero-order valence-electron chi connectivity index (χ0n) is 6.62. The molecule has 7 heteroatoms. The van der Waals surface area contributed by atoms with Crippen LogP contribution in [0.1, 0.15) is 0 Å². The van der Waals surface area contributed by atoms with E-state index in [1.807, 2.05) is 0 Å². The molecule has 2 rings (SSSR count). The summed E-state index contributed by atoms with van der Waals surface area (Å²) in [5, 5.41) is 17.0. The predicted octanol–water partition coefficient (Wildman–Crippen LogP) is 2.37. The molecule has 0 aliphatic heterocycles. The van der Waals surface area contributed by atoms with Gasteiger partial charge in [0.15, 0.2) is 0 Å². The second kappa shape index (κ2) is 3.02. The first-order valence-corrected chi connectivity index (χ1v) is 4.36. The number of hydrogen-bond donors (Lipinski definition) is 1. The van der Waals surface area contributed by atoms with Gasteiger partial charge in [-0.15, -0.1) is 0 Å². The fraction of sp³-hybridized carbons (Fsp3) is 0. The number of rotatable bonds is 1. The summed E-state index contributed by atoms with van der Waals surface area (Å²) in [5.41, 5.74) is -0.498. The largest absolute Gasteiger partial charge is 0.330 e. The molecule has 0 atom stereocenters. The number of halogens is 2. The van der Waals surface area contributed by atoms with Gasteiger partial charge in [-0.25, -0.2) is 0 Å². The summed E-state index contributed by atoms with van der Waals surface area (Å²) in [4.78, 5) is 9.77. The molecule has 0 amide bonds. The number of aromatic amines is 1. The Morgan fingerprint density at radius 2 is 2.36 bits per heavy atom. The maximum absolute atomic E-state index is 13.2. The van der Waals surface area contributed by atoms with E-state index in [2.05, 4.69) is 26.1 Å². The highest BCUT2D eigenvalue weighted by Gasteiger charge is 2.22. The van der Waals surface area contributed by atoms with Crippen molar-refractivity contribution in [2.45, 2.75) is 0 Å². The van der Waals surface area contributed by atoms with Gasteiger partial charge in [0.2, 0.25) is 5.82 Å². The third-order valence-electron chi connectivity index (χ3n) is 1.80. The Kier molecular flexibility index (Phi) is 1.95. The van der Waals surface area contributed by atoms with Crippen molar-refractivity contribution in [3.8, 4) is 0 Å². The Bertz CT molecular complexity index is 525. The Morgan fingerprint density at radius 3 is 3.00 bits per heavy atom. The second-order valence-corrected chi connectivity index (χ2v) is 3.46. The zero-order chi connectivity index (χ0) is 10.3. The minimum Gasteiger partial charge on any atom is -0.271 e. The number of fused-ring (bicyclic) bond motifs is 1. The molecule has 0 saturated carbocycles. The first-order valence-electron chi connectivity index (χ1n) is 3.56. The summed E-state index contributed by atoms with van der Waals surface area (Å²) >= 11 is 3.09. The smallest absolute Gasteiger partial charge is 0.271 e. The van der Waals surface area contributed by atoms with E-state index < -0.39 is 16.4 Å². The molecule has 1 N–H and O–H groups in total. The number of nitrogens with zero attached hydrogens (tertiary/aromatic N) is 2. The first kappa shape index (κ1) is 9.07. The molecule has 1 aromatic carbocycles. The fourth-order valence-corrected chi connectivity index (χ4v) is 1.70. The van der Waals surface area contributed by atoms with Gasteiger partial charge >= 0.3 is 5.69 Å². The average Bonchev–Trinajstić information content (AvgIpc) is 2.51. The van der Waals surface area contributed by atoms with Crippen LogP contribution in [-0.2, 0) is 0 Å². The maximum atomic E-state index is 13.2. The van der Waals surface area contributed by atoms with Gasteiger partial charge in [-0.2, -0.15) is 9.49 Å². The summed E-state index contributed by atoms with van der Waals surface area (Å²) in [7, 11) is 0. The molecule has 0 spiro atoms. The van der Waals surface area contributed by atoms with Crippen molar-refractivity contribution in [1.29, 1.82) is 0 Å². The Labute approximate surface area is 85.2 Å². The molecule has 14 heavy (non-hydrogen) atoms. The minimum absolute atomic E-state index is 0.0851. The summed E-state index contributed by atoms with van der Waals surface area (Å²) in [6.45, 7) is 0. The van der Waals surface area contributed by atoms with Gasteiger partial charge in [0.25, 0.3) is 0 Å². The van der Waals surface area contributed by atoms with Crippen molar-refractivity contribution >= 4 is 32.5 Å². The highest BCUT2D eigenvalue weighted by atomic mass is 79.9. The average molecular weight is 260 g/mol. The van der Waals surface area contributed by atoms with Gasteiger partial charge in [-0.1, -0.05) is 0 Å². The highest BCUT2D eigenvalue weighted by molar-refractivity contribution is 9.10. The van der Waals surface area contributed by atoms with Crippen LogP contribution in [0.5, 0.6) is 0 Å². The maximum Gasteiger partial charge on any atom is 0.330 e. The lowest BCUT2D eigenvalue weighted by Gasteiger charge is -1.97. The summed E-state index contributed by atoms with van der Waals surface area (Å²) in [6, 6.07) is 1.05. The van der Waals surface area contributed by atoms with Crippen molar-refractivity contribution in [1.82, 2.24) is 10.2 Å². The van der Waals surface area contributed by atoms with Crippen LogP contribution in [0.25, 0.3) is 10.9 Å². The zero-order valence-corrected chi connectivity index (χ0v) is 8.21. The monoisotopic (exact) mass is 259 g/mol. The van der Waals surface area contributed by atoms with E-state index in [1.54, 1.807) is 0 Å². The number of nitro groups is 1. The molecule has 0 aliphatic carbocycles. The molecule has 5 nitrogen and oxygen atoms in total. The molecule has 2 aromatic rings. The van der Waals surface area contributed by atoms with Gasteiger partial charge in [0, 0.05) is 9.86 Å². The van der Waals surface area contributed by atoms with Crippen molar-refractivity contribution in [2.75, 3.05) is 0 Å². The van der Waals surface area contributed by atoms with Gasteiger partial charge in [-0.05, 0) is 22.0 Å². The number of benzene rings is 1. The van der Waals surface area contributed by atoms with Crippen LogP contribution in [0.15, 0.2) is 16.7 Å². The van der Waals surface area contributed by atoms with Gasteiger partial charge in [-0.3, -0.25) is 15.2 Å². The third kappa shape index (κ3) is 1.17. The Hall–Kier alpha value is -1.50. The van der Waals surface area contributed by atoms with Crippen LogP contribution < -0.4 is 0 Å². The fourth-order valence-electron chi connectivity index (χ4n) is 1.20. The van der Waals surface area contributed by atoms with Crippen LogP contribution in [-0.4, -0.2) is 15.1 Å². The lowest BCUT2D eigenvalue weighted by Crippen LogP contribution is -1.94. The first-order chi connectivity index (χ1) is 6.61. The number of nitro benzene ring substituents is 1. The van der Waals surface area contributed by atoms with Crippen molar-refractivity contribution in [2.24, 2.45) is 0 Å². The molecule has 0 aliphatic rings. The number of nitrogens with one attached hydrogen (secondary N) is 1. The van der Waals surface area contributed by atoms with E-state index in [-0.39, 0.29) is 5.52 Å². The van der Waals surface area contributed by atoms with Crippen molar-refractivity contribution < 1.29 is 9.31 Å². The molecule has 0 saturated heterocycles. The summed E-state index contributed by atoms with van der Waals surface area (Å²) < 4.78 is 13.6. The van der Waals surface area contributed by atoms with Crippen molar-refractivity contribution in [3.63, 3.8) is 0 Å². The topological polar surface area (TPSA) is 71.8 Å². The van der Waals surface area contributed by atoms with Crippen molar-refractivity contribution in [3.05, 3.63) is 32.7 Å². The third-order valence-corrected chi connectivity index (χ3v) is 2.45. The van der Waals surface area contributed by atoms with Crippen LogP contribution in [0.3, 0.4) is 0 Å². The molecule has 1 aromatic heterocycles. The molecule has 0 unspecified atom stereocenters. The molecule has 0 radical (unpaired) electrons. The summed E-state index contributed by atoms with van der Waals surface area (Å²) in [5.74, 6) is -0.890. The van der Waals surface area contributed by atoms with Crippen LogP contribution in [0.4, 0.5) is 10.1 Å². The van der Waals surface area contributed by atoms with Gasteiger partial charge in [0.1, 0.15) is 5.52 Å². The van der Waals surface area contributed by atoms with Crippen LogP contribution >= 0.6 is 15.9 Å². The standard InChI is InChI=1S/C7H3BrFN3O2/c8-4-1-5(9)7(12(13)14)6-3(4)2-10-11-6/h1-2H,(H,10,11). The molecule has 0 bridgehead atoms. The molecule has 72 valence electrons. The van der Waals surface area contributed by atoms with Crippen LogP contribution in [0.2, 0.25) is 0 Å². The van der Waals surface area contributed by atoms with E-state index in [4.69, 9.17) is 0 Å². The molecule has 0 fully saturated rings.